The zero-order valence-corrected chi connectivity index (χ0v) is 8.90. The molecule has 2 aliphatic heterocycles. The van der Waals surface area contributed by atoms with Crippen LogP contribution in [0.5, 0.6) is 0 Å². The number of likely N-dealkylation sites (N-methyl/N-ethyl adjacent to an activating group) is 1. The van der Waals surface area contributed by atoms with Gasteiger partial charge >= 0.3 is 0 Å². The summed E-state index contributed by atoms with van der Waals surface area (Å²) in [5.41, 5.74) is 0. The third-order valence-corrected chi connectivity index (χ3v) is 3.26. The van der Waals surface area contributed by atoms with E-state index in [-0.39, 0.29) is 11.8 Å². The highest BCUT2D eigenvalue weighted by atomic mass is 16.5. The van der Waals surface area contributed by atoms with Crippen LogP contribution in [0.1, 0.15) is 6.92 Å². The molecule has 0 aliphatic carbocycles. The molecule has 0 N–H and O–H groups in total. The molecular formula is C10H18N2O2. The molecule has 0 aromatic heterocycles. The fraction of sp³-hybridized carbons (Fsp3) is 0.900. The number of rotatable bonds is 1. The Bertz CT molecular complexity index is 228. The van der Waals surface area contributed by atoms with E-state index in [9.17, 15) is 4.79 Å². The van der Waals surface area contributed by atoms with Gasteiger partial charge in [-0.25, -0.2) is 0 Å². The molecule has 2 aliphatic rings. The molecule has 0 saturated carbocycles. The maximum Gasteiger partial charge on any atom is 0.230 e. The van der Waals surface area contributed by atoms with Crippen LogP contribution in [-0.2, 0) is 9.53 Å². The van der Waals surface area contributed by atoms with Gasteiger partial charge in [0.2, 0.25) is 5.91 Å². The molecule has 2 rings (SSSR count). The Kier molecular flexibility index (Phi) is 2.74. The van der Waals surface area contributed by atoms with Crippen molar-refractivity contribution < 1.29 is 9.53 Å². The molecular weight excluding hydrogens is 180 g/mol. The van der Waals surface area contributed by atoms with Crippen molar-refractivity contribution in [3.63, 3.8) is 0 Å². The SMILES string of the molecule is C[C@H]1CN(C(=O)C2COC2)CCN1C. The second-order valence-corrected chi connectivity index (χ2v) is 4.35. The smallest absolute Gasteiger partial charge is 0.230 e. The lowest BCUT2D eigenvalue weighted by Gasteiger charge is -2.40. The van der Waals surface area contributed by atoms with Gasteiger partial charge in [0.1, 0.15) is 0 Å². The van der Waals surface area contributed by atoms with Gasteiger partial charge in [0.15, 0.2) is 0 Å². The van der Waals surface area contributed by atoms with Crippen molar-refractivity contribution in [2.45, 2.75) is 13.0 Å². The summed E-state index contributed by atoms with van der Waals surface area (Å²) >= 11 is 0. The van der Waals surface area contributed by atoms with Crippen LogP contribution in [0, 0.1) is 5.92 Å². The predicted octanol–water partition coefficient (Wildman–Crippen LogP) is -0.205. The van der Waals surface area contributed by atoms with Gasteiger partial charge in [-0.2, -0.15) is 0 Å². The molecule has 0 spiro atoms. The molecule has 0 aromatic carbocycles. The van der Waals surface area contributed by atoms with Gasteiger partial charge in [-0.3, -0.25) is 4.79 Å². The monoisotopic (exact) mass is 198 g/mol. The molecule has 4 heteroatoms. The predicted molar refractivity (Wildman–Crippen MR) is 53.0 cm³/mol. The number of piperazine rings is 1. The van der Waals surface area contributed by atoms with Crippen molar-refractivity contribution >= 4 is 5.91 Å². The number of hydrogen-bond acceptors (Lipinski definition) is 3. The lowest BCUT2D eigenvalue weighted by Crippen LogP contribution is -2.55. The first kappa shape index (κ1) is 9.93. The Morgan fingerprint density at radius 1 is 1.36 bits per heavy atom. The average Bonchev–Trinajstić information content (AvgIpc) is 2.06. The van der Waals surface area contributed by atoms with Crippen LogP contribution in [0.25, 0.3) is 0 Å². The fourth-order valence-corrected chi connectivity index (χ4v) is 1.89. The van der Waals surface area contributed by atoms with E-state index in [2.05, 4.69) is 18.9 Å². The first-order chi connectivity index (χ1) is 6.68. The molecule has 14 heavy (non-hydrogen) atoms. The van der Waals surface area contributed by atoms with Crippen molar-refractivity contribution in [2.75, 3.05) is 39.9 Å². The summed E-state index contributed by atoms with van der Waals surface area (Å²) in [6.07, 6.45) is 0. The van der Waals surface area contributed by atoms with Crippen LogP contribution in [0.2, 0.25) is 0 Å². The molecule has 0 bridgehead atoms. The number of nitrogens with zero attached hydrogens (tertiary/aromatic N) is 2. The van der Waals surface area contributed by atoms with Crippen LogP contribution in [0.15, 0.2) is 0 Å². The summed E-state index contributed by atoms with van der Waals surface area (Å²) in [6, 6.07) is 0.480. The van der Waals surface area contributed by atoms with Gasteiger partial charge < -0.3 is 14.5 Å². The lowest BCUT2D eigenvalue weighted by atomic mass is 10.1. The van der Waals surface area contributed by atoms with E-state index >= 15 is 0 Å². The number of amides is 1. The van der Waals surface area contributed by atoms with Crippen molar-refractivity contribution in [2.24, 2.45) is 5.92 Å². The second-order valence-electron chi connectivity index (χ2n) is 4.35. The summed E-state index contributed by atoms with van der Waals surface area (Å²) in [6.45, 7) is 6.14. The summed E-state index contributed by atoms with van der Waals surface area (Å²) < 4.78 is 5.04. The fourth-order valence-electron chi connectivity index (χ4n) is 1.89. The Hall–Kier alpha value is -0.610. The van der Waals surface area contributed by atoms with E-state index in [0.717, 1.165) is 19.6 Å². The third-order valence-electron chi connectivity index (χ3n) is 3.26. The van der Waals surface area contributed by atoms with Crippen molar-refractivity contribution in [1.29, 1.82) is 0 Å². The van der Waals surface area contributed by atoms with Gasteiger partial charge in [0, 0.05) is 25.7 Å². The topological polar surface area (TPSA) is 32.8 Å². The quantitative estimate of drug-likeness (QED) is 0.585. The number of carbonyl (C=O) groups excluding carboxylic acids is 1. The third kappa shape index (κ3) is 1.77. The minimum Gasteiger partial charge on any atom is -0.380 e. The van der Waals surface area contributed by atoms with Crippen LogP contribution >= 0.6 is 0 Å². The highest BCUT2D eigenvalue weighted by Gasteiger charge is 2.33. The van der Waals surface area contributed by atoms with E-state index in [4.69, 9.17) is 4.74 Å². The standard InChI is InChI=1S/C10H18N2O2/c1-8-5-12(4-3-11(8)2)10(13)9-6-14-7-9/h8-9H,3-7H2,1-2H3/t8-/m0/s1. The maximum absolute atomic E-state index is 11.9. The average molecular weight is 198 g/mol. The normalized spacial score (nSPS) is 30.1. The van der Waals surface area contributed by atoms with Gasteiger partial charge in [-0.05, 0) is 14.0 Å². The van der Waals surface area contributed by atoms with Gasteiger partial charge in [-0.15, -0.1) is 0 Å². The Balaban J connectivity index is 1.88. The number of ether oxygens (including phenoxy) is 1. The molecule has 80 valence electrons. The van der Waals surface area contributed by atoms with Crippen molar-refractivity contribution in [1.82, 2.24) is 9.80 Å². The lowest BCUT2D eigenvalue weighted by molar-refractivity contribution is -0.152. The van der Waals surface area contributed by atoms with Gasteiger partial charge in [0.05, 0.1) is 19.1 Å². The molecule has 4 nitrogen and oxygen atoms in total. The van der Waals surface area contributed by atoms with E-state index in [1.54, 1.807) is 0 Å². The molecule has 1 atom stereocenters. The van der Waals surface area contributed by atoms with Crippen LogP contribution < -0.4 is 0 Å². The molecule has 0 aromatic rings. The van der Waals surface area contributed by atoms with E-state index in [1.807, 2.05) is 4.90 Å². The van der Waals surface area contributed by atoms with Crippen LogP contribution in [0.4, 0.5) is 0 Å². The van der Waals surface area contributed by atoms with Gasteiger partial charge in [-0.1, -0.05) is 0 Å². The van der Waals surface area contributed by atoms with Gasteiger partial charge in [0.25, 0.3) is 0 Å². The molecule has 0 radical (unpaired) electrons. The Labute approximate surface area is 84.8 Å². The zero-order chi connectivity index (χ0) is 10.1. The molecule has 2 heterocycles. The van der Waals surface area contributed by atoms with Crippen LogP contribution in [-0.4, -0.2) is 61.6 Å². The molecule has 2 saturated heterocycles. The summed E-state index contributed by atoms with van der Waals surface area (Å²) in [7, 11) is 2.11. The molecule has 1 amide bonds. The largest absolute Gasteiger partial charge is 0.380 e. The second kappa shape index (κ2) is 3.87. The maximum atomic E-state index is 11.9. The highest BCUT2D eigenvalue weighted by molar-refractivity contribution is 5.79. The van der Waals surface area contributed by atoms with Crippen molar-refractivity contribution in [3.05, 3.63) is 0 Å². The Morgan fingerprint density at radius 3 is 2.57 bits per heavy atom. The Morgan fingerprint density at radius 2 is 2.07 bits per heavy atom. The van der Waals surface area contributed by atoms with E-state index in [0.29, 0.717) is 19.3 Å². The highest BCUT2D eigenvalue weighted by Crippen LogP contribution is 2.16. The molecule has 2 fully saturated rings. The summed E-state index contributed by atoms with van der Waals surface area (Å²) in [5, 5.41) is 0. The summed E-state index contributed by atoms with van der Waals surface area (Å²) in [5.74, 6) is 0.432. The first-order valence-corrected chi connectivity index (χ1v) is 5.25. The minimum atomic E-state index is 0.144. The minimum absolute atomic E-state index is 0.144. The van der Waals surface area contributed by atoms with E-state index < -0.39 is 0 Å². The first-order valence-electron chi connectivity index (χ1n) is 5.25. The van der Waals surface area contributed by atoms with Crippen molar-refractivity contribution in [3.8, 4) is 0 Å². The van der Waals surface area contributed by atoms with Crippen LogP contribution in [0.3, 0.4) is 0 Å². The number of hydrogen-bond donors (Lipinski definition) is 0. The summed E-state index contributed by atoms with van der Waals surface area (Å²) in [4.78, 5) is 16.1. The number of carbonyl (C=O) groups is 1. The zero-order valence-electron chi connectivity index (χ0n) is 8.90. The van der Waals surface area contributed by atoms with E-state index in [1.165, 1.54) is 0 Å². The molecule has 0 unspecified atom stereocenters.